The van der Waals surface area contributed by atoms with Crippen molar-refractivity contribution in [2.24, 2.45) is 11.8 Å². The molecule has 206 valence electrons. The van der Waals surface area contributed by atoms with Crippen molar-refractivity contribution in [3.8, 4) is 11.3 Å². The Labute approximate surface area is 242 Å². The van der Waals surface area contributed by atoms with Gasteiger partial charge in [0, 0.05) is 21.5 Å². The topological polar surface area (TPSA) is 93.6 Å². The molecule has 2 heterocycles. The third-order valence-electron chi connectivity index (χ3n) is 8.02. The minimum atomic E-state index is -0.640. The first-order chi connectivity index (χ1) is 19.8. The summed E-state index contributed by atoms with van der Waals surface area (Å²) >= 11 is 5.90. The van der Waals surface area contributed by atoms with Crippen molar-refractivity contribution in [1.82, 2.24) is 4.98 Å². The van der Waals surface area contributed by atoms with Gasteiger partial charge in [0.1, 0.15) is 0 Å². The van der Waals surface area contributed by atoms with E-state index in [9.17, 15) is 19.2 Å². The SMILES string of the molecule is Cc1cccc2c(C(=O)OCC(=O)c3ccc(Cl)cc3)cc(-c3ccc(N4C(=O)C5CCCCC5C4=O)cc3)nc12. The predicted octanol–water partition coefficient (Wildman–Crippen LogP) is 6.58. The fourth-order valence-corrected chi connectivity index (χ4v) is 5.96. The number of hydrogen-bond donors (Lipinski definition) is 0. The van der Waals surface area contributed by atoms with Crippen LogP contribution in [0.2, 0.25) is 5.02 Å². The number of benzene rings is 3. The van der Waals surface area contributed by atoms with E-state index >= 15 is 0 Å². The fraction of sp³-hybridized carbons (Fsp3) is 0.242. The van der Waals surface area contributed by atoms with Gasteiger partial charge >= 0.3 is 5.97 Å². The van der Waals surface area contributed by atoms with Crippen molar-refractivity contribution < 1.29 is 23.9 Å². The van der Waals surface area contributed by atoms with Crippen LogP contribution in [-0.2, 0) is 14.3 Å². The van der Waals surface area contributed by atoms with Crippen LogP contribution in [0.3, 0.4) is 0 Å². The van der Waals surface area contributed by atoms with E-state index in [1.807, 2.05) is 19.1 Å². The minimum absolute atomic E-state index is 0.120. The zero-order valence-corrected chi connectivity index (χ0v) is 23.2. The number of halogens is 1. The average Bonchev–Trinajstić information content (AvgIpc) is 3.25. The first kappa shape index (κ1) is 26.8. The highest BCUT2D eigenvalue weighted by Gasteiger charge is 2.48. The molecule has 0 radical (unpaired) electrons. The van der Waals surface area contributed by atoms with Crippen molar-refractivity contribution in [3.05, 3.63) is 94.5 Å². The zero-order chi connectivity index (χ0) is 28.7. The van der Waals surface area contributed by atoms with E-state index in [1.54, 1.807) is 60.7 Å². The summed E-state index contributed by atoms with van der Waals surface area (Å²) in [4.78, 5) is 58.1. The summed E-state index contributed by atoms with van der Waals surface area (Å²) in [7, 11) is 0. The maximum Gasteiger partial charge on any atom is 0.339 e. The van der Waals surface area contributed by atoms with Gasteiger partial charge in [-0.2, -0.15) is 0 Å². The molecule has 6 rings (SSSR count). The molecule has 4 aromatic rings. The molecule has 1 aliphatic carbocycles. The van der Waals surface area contributed by atoms with Crippen LogP contribution in [0.25, 0.3) is 22.2 Å². The Bertz CT molecular complexity index is 1670. The van der Waals surface area contributed by atoms with Gasteiger partial charge in [-0.15, -0.1) is 0 Å². The molecule has 2 fully saturated rings. The molecule has 0 N–H and O–H groups in total. The number of imide groups is 1. The van der Waals surface area contributed by atoms with Crippen LogP contribution in [-0.4, -0.2) is 35.2 Å². The molecule has 8 heteroatoms. The monoisotopic (exact) mass is 566 g/mol. The number of carbonyl (C=O) groups is 4. The van der Waals surface area contributed by atoms with Crippen molar-refractivity contribution >= 4 is 51.8 Å². The molecule has 2 unspecified atom stereocenters. The number of aryl methyl sites for hydroxylation is 1. The Hall–Kier alpha value is -4.36. The lowest BCUT2D eigenvalue weighted by Crippen LogP contribution is -2.30. The van der Waals surface area contributed by atoms with Gasteiger partial charge in [-0.3, -0.25) is 19.3 Å². The molecule has 1 saturated carbocycles. The number of hydrogen-bond acceptors (Lipinski definition) is 6. The van der Waals surface area contributed by atoms with E-state index in [1.165, 1.54) is 4.90 Å². The lowest BCUT2D eigenvalue weighted by Gasteiger charge is -2.19. The van der Waals surface area contributed by atoms with E-state index in [4.69, 9.17) is 21.3 Å². The quantitative estimate of drug-likeness (QED) is 0.149. The molecule has 0 spiro atoms. The zero-order valence-electron chi connectivity index (χ0n) is 22.4. The van der Waals surface area contributed by atoms with Crippen LogP contribution >= 0.6 is 11.6 Å². The first-order valence-corrected chi connectivity index (χ1v) is 14.0. The van der Waals surface area contributed by atoms with Crippen molar-refractivity contribution in [2.75, 3.05) is 11.5 Å². The second kappa shape index (κ2) is 10.9. The smallest absolute Gasteiger partial charge is 0.339 e. The van der Waals surface area contributed by atoms with Gasteiger partial charge in [-0.05, 0) is 67.8 Å². The summed E-state index contributed by atoms with van der Waals surface area (Å²) in [6, 6.07) is 20.7. The van der Waals surface area contributed by atoms with Crippen LogP contribution < -0.4 is 4.90 Å². The Balaban J connectivity index is 1.28. The molecule has 1 aromatic heterocycles. The summed E-state index contributed by atoms with van der Waals surface area (Å²) in [5, 5.41) is 1.12. The van der Waals surface area contributed by atoms with Crippen LogP contribution in [0.1, 0.15) is 52.0 Å². The highest BCUT2D eigenvalue weighted by atomic mass is 35.5. The molecule has 2 aliphatic rings. The van der Waals surface area contributed by atoms with Gasteiger partial charge in [0.15, 0.2) is 12.4 Å². The standard InChI is InChI=1S/C33H27ClN2O5/c1-19-5-4-8-24-27(33(40)41-18-29(37)21-9-13-22(34)14-10-21)17-28(35-30(19)24)20-11-15-23(16-12-20)36-31(38)25-6-2-3-7-26(25)32(36)39/h4-5,8-17,25-26H,2-3,6-7,18H2,1H3. The van der Waals surface area contributed by atoms with Gasteiger partial charge in [0.2, 0.25) is 11.8 Å². The number of ether oxygens (including phenoxy) is 1. The van der Waals surface area contributed by atoms with E-state index < -0.39 is 12.6 Å². The summed E-state index contributed by atoms with van der Waals surface area (Å²) in [6.07, 6.45) is 3.46. The Morgan fingerprint density at radius 1 is 0.927 bits per heavy atom. The maximum absolute atomic E-state index is 13.3. The van der Waals surface area contributed by atoms with E-state index in [0.717, 1.165) is 31.2 Å². The molecule has 41 heavy (non-hydrogen) atoms. The van der Waals surface area contributed by atoms with Gasteiger partial charge in [-0.1, -0.05) is 54.8 Å². The highest BCUT2D eigenvalue weighted by molar-refractivity contribution is 6.30. The Kier molecular flexibility index (Phi) is 7.14. The van der Waals surface area contributed by atoms with Crippen molar-refractivity contribution in [2.45, 2.75) is 32.6 Å². The number of carbonyl (C=O) groups excluding carboxylic acids is 4. The molecular formula is C33H27ClN2O5. The largest absolute Gasteiger partial charge is 0.454 e. The number of esters is 1. The number of ketones is 1. The number of aromatic nitrogens is 1. The summed E-state index contributed by atoms with van der Waals surface area (Å²) < 4.78 is 5.44. The van der Waals surface area contributed by atoms with Crippen LogP contribution in [0, 0.1) is 18.8 Å². The molecule has 3 aromatic carbocycles. The van der Waals surface area contributed by atoms with Gasteiger partial charge in [-0.25, -0.2) is 9.78 Å². The van der Waals surface area contributed by atoms with E-state index in [0.29, 0.717) is 38.4 Å². The second-order valence-corrected chi connectivity index (χ2v) is 11.0. The van der Waals surface area contributed by atoms with Gasteiger partial charge < -0.3 is 4.74 Å². The number of pyridine rings is 1. The lowest BCUT2D eigenvalue weighted by atomic mass is 9.81. The number of fused-ring (bicyclic) bond motifs is 2. The third kappa shape index (κ3) is 5.02. The lowest BCUT2D eigenvalue weighted by molar-refractivity contribution is -0.122. The number of para-hydroxylation sites is 1. The third-order valence-corrected chi connectivity index (χ3v) is 8.28. The Morgan fingerprint density at radius 3 is 2.24 bits per heavy atom. The number of rotatable bonds is 6. The summed E-state index contributed by atoms with van der Waals surface area (Å²) in [5.74, 6) is -1.66. The number of amides is 2. The number of Topliss-reactive ketones (excluding diaryl/α,β-unsaturated/α-hetero) is 1. The average molecular weight is 567 g/mol. The predicted molar refractivity (Wildman–Crippen MR) is 156 cm³/mol. The molecule has 1 saturated heterocycles. The van der Waals surface area contributed by atoms with Crippen molar-refractivity contribution in [3.63, 3.8) is 0 Å². The minimum Gasteiger partial charge on any atom is -0.454 e. The van der Waals surface area contributed by atoms with Crippen LogP contribution in [0.5, 0.6) is 0 Å². The number of nitrogens with zero attached hydrogens (tertiary/aromatic N) is 2. The molecule has 2 amide bonds. The van der Waals surface area contributed by atoms with Crippen molar-refractivity contribution in [1.29, 1.82) is 0 Å². The second-order valence-electron chi connectivity index (χ2n) is 10.6. The van der Waals surface area contributed by atoms with Crippen LogP contribution in [0.15, 0.2) is 72.8 Å². The fourth-order valence-electron chi connectivity index (χ4n) is 5.83. The molecule has 2 atom stereocenters. The van der Waals surface area contributed by atoms with E-state index in [2.05, 4.69) is 0 Å². The highest BCUT2D eigenvalue weighted by Crippen LogP contribution is 2.40. The molecule has 0 bridgehead atoms. The normalized spacial score (nSPS) is 18.4. The van der Waals surface area contributed by atoms with Gasteiger partial charge in [0.05, 0.1) is 34.3 Å². The molecule has 1 aliphatic heterocycles. The summed E-state index contributed by atoms with van der Waals surface area (Å²) in [6.45, 7) is 1.49. The van der Waals surface area contributed by atoms with Crippen LogP contribution in [0.4, 0.5) is 5.69 Å². The Morgan fingerprint density at radius 2 is 1.59 bits per heavy atom. The maximum atomic E-state index is 13.3. The van der Waals surface area contributed by atoms with Gasteiger partial charge in [0.25, 0.3) is 0 Å². The molecular weight excluding hydrogens is 540 g/mol. The first-order valence-electron chi connectivity index (χ1n) is 13.7. The summed E-state index contributed by atoms with van der Waals surface area (Å²) in [5.41, 5.74) is 3.98. The molecule has 7 nitrogen and oxygen atoms in total. The number of anilines is 1. The van der Waals surface area contributed by atoms with E-state index in [-0.39, 0.29) is 35.0 Å².